The van der Waals surface area contributed by atoms with Crippen molar-refractivity contribution in [2.75, 3.05) is 19.8 Å². The first kappa shape index (κ1) is 15.2. The number of amides is 1. The van der Waals surface area contributed by atoms with Gasteiger partial charge in [0.25, 0.3) is 0 Å². The highest BCUT2D eigenvalue weighted by atomic mass is 16.5. The molecule has 0 aliphatic carbocycles. The molecule has 0 heterocycles. The van der Waals surface area contributed by atoms with E-state index in [1.807, 2.05) is 38.1 Å². The van der Waals surface area contributed by atoms with Gasteiger partial charge in [-0.25, -0.2) is 0 Å². The Morgan fingerprint density at radius 3 is 3.00 bits per heavy atom. The Morgan fingerprint density at radius 1 is 1.53 bits per heavy atom. The van der Waals surface area contributed by atoms with Crippen molar-refractivity contribution in [3.63, 3.8) is 0 Å². The molecule has 0 aromatic heterocycles. The summed E-state index contributed by atoms with van der Waals surface area (Å²) in [6.45, 7) is 4.19. The molecule has 4 heteroatoms. The van der Waals surface area contributed by atoms with E-state index < -0.39 is 0 Å². The highest BCUT2D eigenvalue weighted by Gasteiger charge is 2.09. The number of carbonyl (C=O) groups excluding carboxylic acids is 1. The van der Waals surface area contributed by atoms with Gasteiger partial charge in [-0.1, -0.05) is 24.0 Å². The molecule has 0 saturated carbocycles. The number of benzene rings is 1. The summed E-state index contributed by atoms with van der Waals surface area (Å²) < 4.78 is 5.05. The van der Waals surface area contributed by atoms with E-state index in [0.29, 0.717) is 6.61 Å². The first-order valence-corrected chi connectivity index (χ1v) is 6.24. The molecule has 1 rings (SSSR count). The molecule has 1 amide bonds. The lowest BCUT2D eigenvalue weighted by Crippen LogP contribution is -2.30. The van der Waals surface area contributed by atoms with Crippen LogP contribution in [0.1, 0.15) is 31.0 Å². The predicted molar refractivity (Wildman–Crippen MR) is 73.5 cm³/mol. The van der Waals surface area contributed by atoms with Gasteiger partial charge in [-0.05, 0) is 31.5 Å². The van der Waals surface area contributed by atoms with Gasteiger partial charge in [0.05, 0.1) is 6.04 Å². The molecular weight excluding hydrogens is 242 g/mol. The quantitative estimate of drug-likeness (QED) is 0.784. The Morgan fingerprint density at radius 2 is 2.32 bits per heavy atom. The Balaban J connectivity index is 2.66. The summed E-state index contributed by atoms with van der Waals surface area (Å²) in [5, 5.41) is 11.5. The zero-order chi connectivity index (χ0) is 14.1. The van der Waals surface area contributed by atoms with E-state index in [1.54, 1.807) is 0 Å². The minimum absolute atomic E-state index is 0.0743. The van der Waals surface area contributed by atoms with Gasteiger partial charge in [0.15, 0.2) is 0 Å². The van der Waals surface area contributed by atoms with Gasteiger partial charge in [0.2, 0.25) is 5.91 Å². The van der Waals surface area contributed by atoms with Crippen LogP contribution in [0.25, 0.3) is 0 Å². The third-order valence-corrected chi connectivity index (χ3v) is 2.51. The predicted octanol–water partition coefficient (Wildman–Crippen LogP) is 1.24. The summed E-state index contributed by atoms with van der Waals surface area (Å²) in [7, 11) is 0. The van der Waals surface area contributed by atoms with Crippen LogP contribution in [-0.4, -0.2) is 30.8 Å². The number of hydrogen-bond donors (Lipinski definition) is 2. The van der Waals surface area contributed by atoms with Crippen molar-refractivity contribution in [3.05, 3.63) is 35.4 Å². The lowest BCUT2D eigenvalue weighted by atomic mass is 10.1. The molecule has 4 nitrogen and oxygen atoms in total. The SMILES string of the molecule is CCOCC(=O)NC(C)c1cccc(C#CCO)c1. The molecule has 19 heavy (non-hydrogen) atoms. The van der Waals surface area contributed by atoms with Crippen LogP contribution in [-0.2, 0) is 9.53 Å². The summed E-state index contributed by atoms with van der Waals surface area (Å²) >= 11 is 0. The number of carbonyl (C=O) groups is 1. The van der Waals surface area contributed by atoms with Crippen molar-refractivity contribution in [2.45, 2.75) is 19.9 Å². The number of aliphatic hydroxyl groups is 1. The van der Waals surface area contributed by atoms with E-state index >= 15 is 0 Å². The van der Waals surface area contributed by atoms with Gasteiger partial charge in [-0.3, -0.25) is 4.79 Å². The Hall–Kier alpha value is -1.83. The van der Waals surface area contributed by atoms with Crippen LogP contribution in [0.5, 0.6) is 0 Å². The van der Waals surface area contributed by atoms with E-state index in [2.05, 4.69) is 17.2 Å². The summed E-state index contributed by atoms with van der Waals surface area (Å²) in [5.41, 5.74) is 1.78. The van der Waals surface area contributed by atoms with Crippen molar-refractivity contribution < 1.29 is 14.6 Å². The Bertz CT molecular complexity index is 474. The summed E-state index contributed by atoms with van der Waals surface area (Å²) in [6, 6.07) is 7.45. The molecule has 1 unspecified atom stereocenters. The lowest BCUT2D eigenvalue weighted by Gasteiger charge is -2.14. The van der Waals surface area contributed by atoms with Crippen molar-refractivity contribution in [1.82, 2.24) is 5.32 Å². The summed E-state index contributed by atoms with van der Waals surface area (Å²) in [4.78, 5) is 11.5. The smallest absolute Gasteiger partial charge is 0.246 e. The average Bonchev–Trinajstić information content (AvgIpc) is 2.43. The monoisotopic (exact) mass is 261 g/mol. The van der Waals surface area contributed by atoms with Crippen molar-refractivity contribution in [2.24, 2.45) is 0 Å². The molecule has 0 saturated heterocycles. The highest BCUT2D eigenvalue weighted by molar-refractivity contribution is 5.77. The molecule has 0 radical (unpaired) electrons. The van der Waals surface area contributed by atoms with Gasteiger partial charge in [-0.2, -0.15) is 0 Å². The third-order valence-electron chi connectivity index (χ3n) is 2.51. The second-order valence-corrected chi connectivity index (χ2v) is 4.01. The van der Waals surface area contributed by atoms with Gasteiger partial charge < -0.3 is 15.2 Å². The van der Waals surface area contributed by atoms with Crippen LogP contribution < -0.4 is 5.32 Å². The second kappa shape index (κ2) is 8.30. The normalized spacial score (nSPS) is 11.3. The highest BCUT2D eigenvalue weighted by Crippen LogP contribution is 2.13. The minimum Gasteiger partial charge on any atom is -0.384 e. The summed E-state index contributed by atoms with van der Waals surface area (Å²) in [5.74, 6) is 5.30. The van der Waals surface area contributed by atoms with Crippen LogP contribution in [0.15, 0.2) is 24.3 Å². The van der Waals surface area contributed by atoms with Gasteiger partial charge in [0, 0.05) is 12.2 Å². The Kier molecular flexibility index (Phi) is 6.65. The van der Waals surface area contributed by atoms with Crippen LogP contribution in [0.2, 0.25) is 0 Å². The molecule has 1 aromatic rings. The second-order valence-electron chi connectivity index (χ2n) is 4.01. The standard InChI is InChI=1S/C15H19NO3/c1-3-19-11-15(18)16-12(2)14-8-4-6-13(10-14)7-5-9-17/h4,6,8,10,12,17H,3,9,11H2,1-2H3,(H,16,18). The zero-order valence-electron chi connectivity index (χ0n) is 11.3. The molecule has 0 spiro atoms. The fourth-order valence-corrected chi connectivity index (χ4v) is 1.59. The molecule has 0 fully saturated rings. The van der Waals surface area contributed by atoms with Gasteiger partial charge in [0.1, 0.15) is 13.2 Å². The molecular formula is C15H19NO3. The zero-order valence-corrected chi connectivity index (χ0v) is 11.3. The van der Waals surface area contributed by atoms with E-state index in [4.69, 9.17) is 9.84 Å². The number of rotatable bonds is 5. The van der Waals surface area contributed by atoms with E-state index in [-0.39, 0.29) is 25.2 Å². The maximum atomic E-state index is 11.5. The third kappa shape index (κ3) is 5.56. The number of aliphatic hydroxyl groups excluding tert-OH is 1. The molecule has 102 valence electrons. The fourth-order valence-electron chi connectivity index (χ4n) is 1.59. The van der Waals surface area contributed by atoms with Crippen LogP contribution >= 0.6 is 0 Å². The topological polar surface area (TPSA) is 58.6 Å². The molecule has 1 aromatic carbocycles. The van der Waals surface area contributed by atoms with Crippen molar-refractivity contribution in [1.29, 1.82) is 0 Å². The van der Waals surface area contributed by atoms with Crippen LogP contribution in [0.4, 0.5) is 0 Å². The van der Waals surface area contributed by atoms with Crippen molar-refractivity contribution >= 4 is 5.91 Å². The van der Waals surface area contributed by atoms with E-state index in [0.717, 1.165) is 11.1 Å². The number of nitrogens with one attached hydrogen (secondary N) is 1. The van der Waals surface area contributed by atoms with Gasteiger partial charge in [-0.15, -0.1) is 0 Å². The maximum absolute atomic E-state index is 11.5. The van der Waals surface area contributed by atoms with E-state index in [1.165, 1.54) is 0 Å². The van der Waals surface area contributed by atoms with Gasteiger partial charge >= 0.3 is 0 Å². The first-order chi connectivity index (χ1) is 9.17. The minimum atomic E-state index is -0.162. The molecule has 2 N–H and O–H groups in total. The number of hydrogen-bond acceptors (Lipinski definition) is 3. The fraction of sp³-hybridized carbons (Fsp3) is 0.400. The largest absolute Gasteiger partial charge is 0.384 e. The molecule has 1 atom stereocenters. The Labute approximate surface area is 113 Å². The van der Waals surface area contributed by atoms with Crippen molar-refractivity contribution in [3.8, 4) is 11.8 Å². The lowest BCUT2D eigenvalue weighted by molar-refractivity contribution is -0.126. The number of ether oxygens (including phenoxy) is 1. The first-order valence-electron chi connectivity index (χ1n) is 6.24. The summed E-state index contributed by atoms with van der Waals surface area (Å²) in [6.07, 6.45) is 0. The maximum Gasteiger partial charge on any atom is 0.246 e. The molecule has 0 aliphatic heterocycles. The average molecular weight is 261 g/mol. The van der Waals surface area contributed by atoms with E-state index in [9.17, 15) is 4.79 Å². The van der Waals surface area contributed by atoms with Crippen LogP contribution in [0, 0.1) is 11.8 Å². The van der Waals surface area contributed by atoms with Crippen LogP contribution in [0.3, 0.4) is 0 Å². The molecule has 0 bridgehead atoms. The molecule has 0 aliphatic rings.